The maximum atomic E-state index is 12.5. The van der Waals surface area contributed by atoms with Gasteiger partial charge in [0.15, 0.2) is 11.5 Å². The highest BCUT2D eigenvalue weighted by Gasteiger charge is 2.26. The molecule has 0 saturated carbocycles. The average molecular weight is 345 g/mol. The number of esters is 1. The molecule has 8 heteroatoms. The van der Waals surface area contributed by atoms with Crippen LogP contribution in [0.15, 0.2) is 23.1 Å². The molecule has 0 spiro atoms. The number of nitrogens with zero attached hydrogens (tertiary/aromatic N) is 1. The predicted molar refractivity (Wildman–Crippen MR) is 85.2 cm³/mol. The summed E-state index contributed by atoms with van der Waals surface area (Å²) in [6.45, 7) is 4.77. The summed E-state index contributed by atoms with van der Waals surface area (Å²) in [6, 6.07) is 4.23. The third-order valence-corrected chi connectivity index (χ3v) is 4.63. The topological polar surface area (TPSA) is 82.1 Å². The average Bonchev–Trinajstić information content (AvgIpc) is 2.44. The molecule has 1 rings (SSSR count). The van der Waals surface area contributed by atoms with Crippen molar-refractivity contribution in [3.8, 4) is 11.5 Å². The molecular formula is C15H23NO6S. The normalized spacial score (nSPS) is 12.1. The van der Waals surface area contributed by atoms with Crippen molar-refractivity contribution in [2.45, 2.75) is 31.3 Å². The molecule has 0 N–H and O–H groups in total. The van der Waals surface area contributed by atoms with Crippen LogP contribution in [0.4, 0.5) is 0 Å². The fraction of sp³-hybridized carbons (Fsp3) is 0.533. The zero-order valence-electron chi connectivity index (χ0n) is 14.2. The number of sulfonamides is 1. The lowest BCUT2D eigenvalue weighted by Gasteiger charge is -2.22. The standard InChI is InChI=1S/C15H23NO6S/c1-15(2,3)22-14(17)10-16(4)23(18,19)11-7-8-12(20-5)13(9-11)21-6/h7-9H,10H2,1-6H3. The van der Waals surface area contributed by atoms with E-state index in [0.29, 0.717) is 11.5 Å². The molecule has 1 aromatic carbocycles. The van der Waals surface area contributed by atoms with Gasteiger partial charge in [0.25, 0.3) is 0 Å². The van der Waals surface area contributed by atoms with Crippen LogP contribution >= 0.6 is 0 Å². The van der Waals surface area contributed by atoms with E-state index in [1.165, 1.54) is 39.5 Å². The van der Waals surface area contributed by atoms with Gasteiger partial charge in [-0.2, -0.15) is 4.31 Å². The number of benzene rings is 1. The van der Waals surface area contributed by atoms with Gasteiger partial charge in [-0.15, -0.1) is 0 Å². The van der Waals surface area contributed by atoms with Crippen LogP contribution in [-0.2, 0) is 19.6 Å². The number of hydrogen-bond acceptors (Lipinski definition) is 6. The van der Waals surface area contributed by atoms with E-state index >= 15 is 0 Å². The molecule has 0 aliphatic carbocycles. The van der Waals surface area contributed by atoms with Crippen molar-refractivity contribution in [2.75, 3.05) is 27.8 Å². The van der Waals surface area contributed by atoms with Crippen LogP contribution in [0, 0.1) is 0 Å². The Morgan fingerprint density at radius 2 is 1.70 bits per heavy atom. The predicted octanol–water partition coefficient (Wildman–Crippen LogP) is 1.67. The van der Waals surface area contributed by atoms with Crippen molar-refractivity contribution in [2.24, 2.45) is 0 Å². The first-order valence-corrected chi connectivity index (χ1v) is 8.35. The lowest BCUT2D eigenvalue weighted by molar-refractivity contribution is -0.154. The summed E-state index contributed by atoms with van der Waals surface area (Å²) in [7, 11) is 0.339. The van der Waals surface area contributed by atoms with Crippen LogP contribution in [0.25, 0.3) is 0 Å². The molecule has 0 radical (unpaired) electrons. The number of carbonyl (C=O) groups excluding carboxylic acids is 1. The molecule has 0 saturated heterocycles. The molecule has 0 aromatic heterocycles. The van der Waals surface area contributed by atoms with Crippen LogP contribution in [0.5, 0.6) is 11.5 Å². The Hall–Kier alpha value is -1.80. The molecule has 0 bridgehead atoms. The molecule has 0 aliphatic heterocycles. The Morgan fingerprint density at radius 1 is 1.13 bits per heavy atom. The number of ether oxygens (including phenoxy) is 3. The Bertz CT molecular complexity index is 663. The van der Waals surface area contributed by atoms with Crippen molar-refractivity contribution in [3.63, 3.8) is 0 Å². The smallest absolute Gasteiger partial charge is 0.321 e. The number of methoxy groups -OCH3 is 2. The van der Waals surface area contributed by atoms with Gasteiger partial charge in [-0.3, -0.25) is 4.79 Å². The SMILES string of the molecule is COc1ccc(S(=O)(=O)N(C)CC(=O)OC(C)(C)C)cc1OC. The van der Waals surface area contributed by atoms with Crippen LogP contribution < -0.4 is 9.47 Å². The van der Waals surface area contributed by atoms with Crippen molar-refractivity contribution in [1.82, 2.24) is 4.31 Å². The fourth-order valence-corrected chi connectivity index (χ4v) is 2.93. The van der Waals surface area contributed by atoms with E-state index in [2.05, 4.69) is 0 Å². The van der Waals surface area contributed by atoms with Gasteiger partial charge in [-0.25, -0.2) is 8.42 Å². The van der Waals surface area contributed by atoms with Crippen molar-refractivity contribution < 1.29 is 27.4 Å². The summed E-state index contributed by atoms with van der Waals surface area (Å²) in [5, 5.41) is 0. The highest BCUT2D eigenvalue weighted by molar-refractivity contribution is 7.89. The summed E-state index contributed by atoms with van der Waals surface area (Å²) in [6.07, 6.45) is 0. The van der Waals surface area contributed by atoms with E-state index in [1.807, 2.05) is 0 Å². The zero-order chi connectivity index (χ0) is 17.8. The van der Waals surface area contributed by atoms with Crippen LogP contribution in [0.1, 0.15) is 20.8 Å². The van der Waals surface area contributed by atoms with E-state index in [4.69, 9.17) is 14.2 Å². The van der Waals surface area contributed by atoms with E-state index in [1.54, 1.807) is 20.8 Å². The third kappa shape index (κ3) is 5.11. The largest absolute Gasteiger partial charge is 0.493 e. The van der Waals surface area contributed by atoms with Crippen LogP contribution in [0.2, 0.25) is 0 Å². The van der Waals surface area contributed by atoms with Gasteiger partial charge in [0.1, 0.15) is 12.1 Å². The summed E-state index contributed by atoms with van der Waals surface area (Å²) in [5.41, 5.74) is -0.676. The molecule has 0 aliphatic rings. The van der Waals surface area contributed by atoms with Gasteiger partial charge >= 0.3 is 5.97 Å². The number of likely N-dealkylation sites (N-methyl/N-ethyl adjacent to an activating group) is 1. The van der Waals surface area contributed by atoms with E-state index < -0.39 is 21.6 Å². The summed E-state index contributed by atoms with van der Waals surface area (Å²) < 4.78 is 41.3. The highest BCUT2D eigenvalue weighted by Crippen LogP contribution is 2.30. The molecule has 130 valence electrons. The van der Waals surface area contributed by atoms with Gasteiger partial charge in [0, 0.05) is 13.1 Å². The van der Waals surface area contributed by atoms with Gasteiger partial charge in [0.2, 0.25) is 10.0 Å². The minimum Gasteiger partial charge on any atom is -0.493 e. The first-order chi connectivity index (χ1) is 10.5. The molecule has 0 amide bonds. The molecule has 0 unspecified atom stereocenters. The minimum absolute atomic E-state index is 0.00112. The molecule has 1 aromatic rings. The third-order valence-electron chi connectivity index (χ3n) is 2.83. The summed E-state index contributed by atoms with van der Waals surface area (Å²) in [4.78, 5) is 11.8. The van der Waals surface area contributed by atoms with Crippen molar-refractivity contribution in [1.29, 1.82) is 0 Å². The quantitative estimate of drug-likeness (QED) is 0.730. The van der Waals surface area contributed by atoms with Gasteiger partial charge in [0.05, 0.1) is 19.1 Å². The molecule has 23 heavy (non-hydrogen) atoms. The van der Waals surface area contributed by atoms with Gasteiger partial charge in [-0.05, 0) is 32.9 Å². The Morgan fingerprint density at radius 3 is 2.17 bits per heavy atom. The van der Waals surface area contributed by atoms with Gasteiger partial charge in [-0.1, -0.05) is 0 Å². The lowest BCUT2D eigenvalue weighted by atomic mass is 10.2. The maximum Gasteiger partial charge on any atom is 0.321 e. The monoisotopic (exact) mass is 345 g/mol. The van der Waals surface area contributed by atoms with E-state index in [0.717, 1.165) is 4.31 Å². The number of hydrogen-bond donors (Lipinski definition) is 0. The van der Waals surface area contributed by atoms with Gasteiger partial charge < -0.3 is 14.2 Å². The second-order valence-corrected chi connectivity index (χ2v) is 7.91. The van der Waals surface area contributed by atoms with Crippen LogP contribution in [0.3, 0.4) is 0 Å². The molecular weight excluding hydrogens is 322 g/mol. The molecule has 7 nitrogen and oxygen atoms in total. The maximum absolute atomic E-state index is 12.5. The van der Waals surface area contributed by atoms with E-state index in [9.17, 15) is 13.2 Å². The Kier molecular flexibility index (Phi) is 6.01. The lowest BCUT2D eigenvalue weighted by Crippen LogP contribution is -2.36. The minimum atomic E-state index is -3.85. The van der Waals surface area contributed by atoms with E-state index in [-0.39, 0.29) is 11.4 Å². The Balaban J connectivity index is 3.00. The number of carbonyl (C=O) groups is 1. The zero-order valence-corrected chi connectivity index (χ0v) is 15.1. The van der Waals surface area contributed by atoms with Crippen LogP contribution in [-0.4, -0.2) is 52.1 Å². The summed E-state index contributed by atoms with van der Waals surface area (Å²) >= 11 is 0. The molecule has 0 atom stereocenters. The second kappa shape index (κ2) is 7.18. The number of rotatable bonds is 6. The second-order valence-electron chi connectivity index (χ2n) is 5.86. The first kappa shape index (κ1) is 19.2. The van der Waals surface area contributed by atoms with Crippen molar-refractivity contribution >= 4 is 16.0 Å². The molecule has 0 fully saturated rings. The fourth-order valence-electron chi connectivity index (χ4n) is 1.80. The summed E-state index contributed by atoms with van der Waals surface area (Å²) in [5.74, 6) is 0.0875. The highest BCUT2D eigenvalue weighted by atomic mass is 32.2. The molecule has 0 heterocycles. The first-order valence-electron chi connectivity index (χ1n) is 6.91. The van der Waals surface area contributed by atoms with Crippen molar-refractivity contribution in [3.05, 3.63) is 18.2 Å². The Labute approximate surface area is 137 Å².